The van der Waals surface area contributed by atoms with Gasteiger partial charge in [0.1, 0.15) is 11.2 Å². The summed E-state index contributed by atoms with van der Waals surface area (Å²) in [5.41, 5.74) is 6.53. The number of thioether (sulfide) groups is 1. The zero-order chi connectivity index (χ0) is 13.5. The first kappa shape index (κ1) is 15.6. The molecule has 1 rings (SSSR count). The van der Waals surface area contributed by atoms with Crippen LogP contribution in [0.15, 0.2) is 12.3 Å². The Kier molecular flexibility index (Phi) is 6.78. The molecule has 18 heavy (non-hydrogen) atoms. The van der Waals surface area contributed by atoms with Crippen LogP contribution in [0.2, 0.25) is 10.2 Å². The number of nitrogens with zero attached hydrogens (tertiary/aromatic N) is 1. The fraction of sp³-hybridized carbons (Fsp3) is 0.455. The summed E-state index contributed by atoms with van der Waals surface area (Å²) < 4.78 is 4.54. The highest BCUT2D eigenvalue weighted by Gasteiger charge is 2.13. The zero-order valence-corrected chi connectivity index (χ0v) is 12.2. The lowest BCUT2D eigenvalue weighted by Gasteiger charge is -2.09. The topological polar surface area (TPSA) is 65.2 Å². The van der Waals surface area contributed by atoms with Gasteiger partial charge in [-0.15, -0.1) is 0 Å². The van der Waals surface area contributed by atoms with Crippen molar-refractivity contribution in [1.29, 1.82) is 0 Å². The molecule has 1 heterocycles. The molecule has 0 amide bonds. The molecule has 1 unspecified atom stereocenters. The van der Waals surface area contributed by atoms with Crippen molar-refractivity contribution in [3.05, 3.63) is 28.0 Å². The van der Waals surface area contributed by atoms with Crippen molar-refractivity contribution in [2.75, 3.05) is 12.9 Å². The third-order valence-electron chi connectivity index (χ3n) is 2.23. The van der Waals surface area contributed by atoms with Crippen molar-refractivity contribution in [2.45, 2.75) is 18.2 Å². The Morgan fingerprint density at radius 3 is 2.94 bits per heavy atom. The number of pyridine rings is 1. The summed E-state index contributed by atoms with van der Waals surface area (Å²) in [5, 5.41) is 0.973. The molecule has 0 aromatic carbocycles. The maximum atomic E-state index is 11.1. The predicted octanol–water partition coefficient (Wildman–Crippen LogP) is 2.51. The summed E-state index contributed by atoms with van der Waals surface area (Å²) >= 11 is 13.3. The van der Waals surface area contributed by atoms with Crippen LogP contribution in [-0.4, -0.2) is 29.9 Å². The van der Waals surface area contributed by atoms with Crippen LogP contribution in [0.4, 0.5) is 0 Å². The van der Waals surface area contributed by atoms with Gasteiger partial charge in [-0.3, -0.25) is 4.79 Å². The third-order valence-corrected chi connectivity index (χ3v) is 3.83. The van der Waals surface area contributed by atoms with E-state index in [2.05, 4.69) is 9.72 Å². The maximum Gasteiger partial charge on any atom is 0.322 e. The van der Waals surface area contributed by atoms with E-state index in [4.69, 9.17) is 28.9 Å². The van der Waals surface area contributed by atoms with Gasteiger partial charge in [0.2, 0.25) is 0 Å². The second-order valence-electron chi connectivity index (χ2n) is 3.57. The SMILES string of the molecule is COC(=O)C(N)CCSCc1cnc(Cl)cc1Cl. The lowest BCUT2D eigenvalue weighted by Crippen LogP contribution is -2.31. The number of hydrogen-bond donors (Lipinski definition) is 1. The zero-order valence-electron chi connectivity index (χ0n) is 9.86. The lowest BCUT2D eigenvalue weighted by molar-refractivity contribution is -0.142. The number of nitrogens with two attached hydrogens (primary N) is 1. The first-order valence-corrected chi connectivity index (χ1v) is 7.16. The number of methoxy groups -OCH3 is 1. The van der Waals surface area contributed by atoms with Crippen molar-refractivity contribution in [2.24, 2.45) is 5.73 Å². The number of carbonyl (C=O) groups is 1. The van der Waals surface area contributed by atoms with E-state index in [-0.39, 0.29) is 5.97 Å². The van der Waals surface area contributed by atoms with Crippen LogP contribution in [0.5, 0.6) is 0 Å². The minimum absolute atomic E-state index is 0.376. The molecular formula is C11H14Cl2N2O2S. The average Bonchev–Trinajstić information content (AvgIpc) is 2.35. The van der Waals surface area contributed by atoms with Crippen LogP contribution in [0.25, 0.3) is 0 Å². The number of esters is 1. The van der Waals surface area contributed by atoms with Gasteiger partial charge < -0.3 is 10.5 Å². The molecule has 1 atom stereocenters. The summed E-state index contributed by atoms with van der Waals surface area (Å²) in [5.74, 6) is 1.06. The molecule has 0 bridgehead atoms. The molecule has 0 saturated heterocycles. The molecule has 0 aliphatic heterocycles. The molecule has 0 radical (unpaired) electrons. The fourth-order valence-electron chi connectivity index (χ4n) is 1.20. The number of halogens is 2. The van der Waals surface area contributed by atoms with Crippen molar-refractivity contribution in [3.63, 3.8) is 0 Å². The van der Waals surface area contributed by atoms with Crippen LogP contribution in [0.3, 0.4) is 0 Å². The average molecular weight is 309 g/mol. The first-order valence-electron chi connectivity index (χ1n) is 5.25. The third kappa shape index (κ3) is 5.02. The number of rotatable bonds is 6. The monoisotopic (exact) mass is 308 g/mol. The highest BCUT2D eigenvalue weighted by molar-refractivity contribution is 7.98. The normalized spacial score (nSPS) is 12.2. The Labute approximate surface area is 120 Å². The maximum absolute atomic E-state index is 11.1. The van der Waals surface area contributed by atoms with Gasteiger partial charge in [0.25, 0.3) is 0 Å². The molecule has 0 fully saturated rings. The molecule has 1 aromatic rings. The molecule has 4 nitrogen and oxygen atoms in total. The molecule has 100 valence electrons. The summed E-state index contributed by atoms with van der Waals surface area (Å²) in [6, 6.07) is 1.04. The highest BCUT2D eigenvalue weighted by Crippen LogP contribution is 2.23. The predicted molar refractivity (Wildman–Crippen MR) is 75.0 cm³/mol. The van der Waals surface area contributed by atoms with Crippen LogP contribution < -0.4 is 5.73 Å². The Bertz CT molecular complexity index is 418. The number of hydrogen-bond acceptors (Lipinski definition) is 5. The van der Waals surface area contributed by atoms with Gasteiger partial charge in [-0.1, -0.05) is 23.2 Å². The van der Waals surface area contributed by atoms with Crippen molar-refractivity contribution >= 4 is 40.9 Å². The molecule has 0 aliphatic carbocycles. The quantitative estimate of drug-likeness (QED) is 0.497. The minimum Gasteiger partial charge on any atom is -0.468 e. The second-order valence-corrected chi connectivity index (χ2v) is 5.47. The summed E-state index contributed by atoms with van der Waals surface area (Å²) in [4.78, 5) is 15.0. The van der Waals surface area contributed by atoms with Crippen molar-refractivity contribution < 1.29 is 9.53 Å². The molecule has 2 N–H and O–H groups in total. The van der Waals surface area contributed by atoms with Gasteiger partial charge in [-0.2, -0.15) is 11.8 Å². The summed E-state index contributed by atoms with van der Waals surface area (Å²) in [7, 11) is 1.33. The molecular weight excluding hydrogens is 295 g/mol. The number of ether oxygens (including phenoxy) is 1. The smallest absolute Gasteiger partial charge is 0.322 e. The van der Waals surface area contributed by atoms with Crippen molar-refractivity contribution in [3.8, 4) is 0 Å². The van der Waals surface area contributed by atoms with Crippen LogP contribution >= 0.6 is 35.0 Å². The number of aromatic nitrogens is 1. The van der Waals surface area contributed by atoms with Gasteiger partial charge in [-0.05, 0) is 23.8 Å². The van der Waals surface area contributed by atoms with Crippen LogP contribution in [0, 0.1) is 0 Å². The van der Waals surface area contributed by atoms with Gasteiger partial charge >= 0.3 is 5.97 Å². The fourth-order valence-corrected chi connectivity index (χ4v) is 2.73. The summed E-state index contributed by atoms with van der Waals surface area (Å²) in [6.07, 6.45) is 2.22. The van der Waals surface area contributed by atoms with Gasteiger partial charge in [-0.25, -0.2) is 4.98 Å². The van der Waals surface area contributed by atoms with E-state index < -0.39 is 6.04 Å². The standard InChI is InChI=1S/C11H14Cl2N2O2S/c1-17-11(16)9(14)2-3-18-6-7-5-15-10(13)4-8(7)12/h4-5,9H,2-3,6,14H2,1H3. The van der Waals surface area contributed by atoms with Gasteiger partial charge in [0.15, 0.2) is 0 Å². The highest BCUT2D eigenvalue weighted by atomic mass is 35.5. The van der Waals surface area contributed by atoms with Gasteiger partial charge in [0.05, 0.1) is 7.11 Å². The van der Waals surface area contributed by atoms with E-state index >= 15 is 0 Å². The first-order chi connectivity index (χ1) is 8.54. The number of carbonyl (C=O) groups excluding carboxylic acids is 1. The van der Waals surface area contributed by atoms with Crippen LogP contribution in [-0.2, 0) is 15.3 Å². The Morgan fingerprint density at radius 1 is 1.61 bits per heavy atom. The molecule has 0 saturated carbocycles. The van der Waals surface area contributed by atoms with Gasteiger partial charge in [0, 0.05) is 17.0 Å². The lowest BCUT2D eigenvalue weighted by atomic mass is 10.2. The van der Waals surface area contributed by atoms with Crippen LogP contribution in [0.1, 0.15) is 12.0 Å². The van der Waals surface area contributed by atoms with E-state index in [9.17, 15) is 4.79 Å². The van der Waals surface area contributed by atoms with E-state index in [0.717, 1.165) is 11.3 Å². The largest absolute Gasteiger partial charge is 0.468 e. The second kappa shape index (κ2) is 7.84. The summed E-state index contributed by atoms with van der Waals surface area (Å²) in [6.45, 7) is 0. The van der Waals surface area contributed by atoms with Crippen molar-refractivity contribution in [1.82, 2.24) is 4.98 Å². The molecule has 7 heteroatoms. The Hall–Kier alpha value is -0.490. The minimum atomic E-state index is -0.568. The van der Waals surface area contributed by atoms with E-state index in [1.54, 1.807) is 24.0 Å². The van der Waals surface area contributed by atoms with E-state index in [0.29, 0.717) is 22.3 Å². The molecule has 1 aromatic heterocycles. The molecule has 0 spiro atoms. The Balaban J connectivity index is 2.32. The Morgan fingerprint density at radius 2 is 2.33 bits per heavy atom. The molecule has 0 aliphatic rings. The van der Waals surface area contributed by atoms with E-state index in [1.165, 1.54) is 7.11 Å². The van der Waals surface area contributed by atoms with E-state index in [1.807, 2.05) is 0 Å².